The summed E-state index contributed by atoms with van der Waals surface area (Å²) in [6.45, 7) is 1.28. The quantitative estimate of drug-likeness (QED) is 0.327. The Morgan fingerprint density at radius 2 is 1.75 bits per heavy atom. The van der Waals surface area contributed by atoms with Gasteiger partial charge < -0.3 is 19.7 Å². The van der Waals surface area contributed by atoms with E-state index in [0.29, 0.717) is 18.5 Å². The molecule has 0 saturated carbocycles. The highest BCUT2D eigenvalue weighted by molar-refractivity contribution is 5.99. The number of methoxy groups -OCH3 is 1. The van der Waals surface area contributed by atoms with Crippen LogP contribution in [0.1, 0.15) is 46.3 Å². The van der Waals surface area contributed by atoms with E-state index in [0.717, 1.165) is 24.4 Å². The normalized spacial score (nSPS) is 14.1. The topological polar surface area (TPSA) is 119 Å². The molecule has 1 aliphatic rings. The van der Waals surface area contributed by atoms with Gasteiger partial charge in [-0.3, -0.25) is 4.79 Å². The van der Waals surface area contributed by atoms with Gasteiger partial charge in [0.25, 0.3) is 0 Å². The number of rotatable bonds is 7. The molecule has 0 aliphatic carbocycles. The number of amides is 2. The van der Waals surface area contributed by atoms with Crippen molar-refractivity contribution in [2.75, 3.05) is 32.1 Å². The summed E-state index contributed by atoms with van der Waals surface area (Å²) in [5.74, 6) is -4.59. The summed E-state index contributed by atoms with van der Waals surface area (Å²) >= 11 is 0. The molecule has 10 nitrogen and oxygen atoms in total. The van der Waals surface area contributed by atoms with E-state index in [1.807, 2.05) is 0 Å². The summed E-state index contributed by atoms with van der Waals surface area (Å²) in [5.41, 5.74) is 0.160. The molecule has 1 aliphatic heterocycles. The molecular formula is C25H23F5N6O4. The van der Waals surface area contributed by atoms with Gasteiger partial charge in [-0.25, -0.2) is 18.6 Å². The number of hydrogen-bond acceptors (Lipinski definition) is 8. The van der Waals surface area contributed by atoms with Crippen molar-refractivity contribution < 1.29 is 41.0 Å². The number of halogens is 5. The monoisotopic (exact) mass is 566 g/mol. The van der Waals surface area contributed by atoms with Crippen molar-refractivity contribution in [2.24, 2.45) is 0 Å². The Morgan fingerprint density at radius 1 is 1.07 bits per heavy atom. The summed E-state index contributed by atoms with van der Waals surface area (Å²) in [7, 11) is 1.35. The Labute approximate surface area is 224 Å². The van der Waals surface area contributed by atoms with Crippen molar-refractivity contribution in [1.82, 2.24) is 24.8 Å². The molecule has 212 valence electrons. The van der Waals surface area contributed by atoms with Crippen LogP contribution in [0.2, 0.25) is 0 Å². The number of nitrogens with one attached hydrogen (secondary N) is 1. The van der Waals surface area contributed by atoms with Gasteiger partial charge in [-0.1, -0.05) is 6.07 Å². The number of hydrogen-bond donors (Lipinski definition) is 1. The minimum atomic E-state index is -4.79. The molecule has 2 aromatic heterocycles. The van der Waals surface area contributed by atoms with E-state index in [1.165, 1.54) is 18.1 Å². The number of aryl methyl sites for hydroxylation is 1. The zero-order valence-electron chi connectivity index (χ0n) is 21.3. The number of benzene rings is 1. The molecular weight excluding hydrogens is 543 g/mol. The number of aromatic nitrogens is 4. The first kappa shape index (κ1) is 28.6. The number of carbonyl (C=O) groups is 2. The average Bonchev–Trinajstić information content (AvgIpc) is 2.93. The number of anilines is 1. The molecule has 40 heavy (non-hydrogen) atoms. The number of para-hydroxylation sites is 1. The van der Waals surface area contributed by atoms with Crippen LogP contribution in [0.4, 0.5) is 32.4 Å². The van der Waals surface area contributed by atoms with E-state index in [1.54, 1.807) is 6.92 Å². The summed E-state index contributed by atoms with van der Waals surface area (Å²) in [5, 5.41) is 2.25. The average molecular weight is 566 g/mol. The number of likely N-dealkylation sites (tertiary alicyclic amines) is 1. The zero-order valence-corrected chi connectivity index (χ0v) is 21.3. The number of Topliss-reactive ketones (excluding diaryl/α,β-unsaturated/α-hetero) is 1. The third kappa shape index (κ3) is 6.40. The Bertz CT molecular complexity index is 1390. The van der Waals surface area contributed by atoms with Crippen LogP contribution < -0.4 is 14.8 Å². The smallest absolute Gasteiger partial charge is 0.451 e. The summed E-state index contributed by atoms with van der Waals surface area (Å²) in [4.78, 5) is 42.1. The molecule has 0 bridgehead atoms. The van der Waals surface area contributed by atoms with Crippen LogP contribution in [0.5, 0.6) is 11.9 Å². The van der Waals surface area contributed by atoms with Gasteiger partial charge in [-0.2, -0.15) is 28.1 Å². The van der Waals surface area contributed by atoms with Gasteiger partial charge in [0.15, 0.2) is 6.61 Å². The fourth-order valence-electron chi connectivity index (χ4n) is 4.23. The SMILES string of the molecule is COc1nc(C)c(C(=O)COc2ccnc(C(F)(F)F)n2)c(C2CCN(C(=O)Nc3c(F)cccc3F)CC2)n1. The lowest BCUT2D eigenvalue weighted by molar-refractivity contribution is -0.145. The maximum absolute atomic E-state index is 13.9. The van der Waals surface area contributed by atoms with E-state index < -0.39 is 53.6 Å². The third-order valence-corrected chi connectivity index (χ3v) is 6.16. The molecule has 1 saturated heterocycles. The Hall–Kier alpha value is -4.43. The highest BCUT2D eigenvalue weighted by atomic mass is 19.4. The van der Waals surface area contributed by atoms with Gasteiger partial charge in [-0.05, 0) is 31.9 Å². The molecule has 3 aromatic rings. The van der Waals surface area contributed by atoms with Crippen LogP contribution in [0.15, 0.2) is 30.5 Å². The van der Waals surface area contributed by atoms with Gasteiger partial charge in [0.05, 0.1) is 24.1 Å². The Balaban J connectivity index is 1.48. The molecule has 4 rings (SSSR count). The number of carbonyl (C=O) groups excluding carboxylic acids is 2. The zero-order chi connectivity index (χ0) is 29.0. The number of nitrogens with zero attached hydrogens (tertiary/aromatic N) is 5. The van der Waals surface area contributed by atoms with E-state index in [-0.39, 0.29) is 36.3 Å². The number of piperidine rings is 1. The lowest BCUT2D eigenvalue weighted by atomic mass is 9.89. The van der Waals surface area contributed by atoms with Crippen LogP contribution in [0.3, 0.4) is 0 Å². The van der Waals surface area contributed by atoms with Gasteiger partial charge in [-0.15, -0.1) is 0 Å². The Kier molecular flexibility index (Phi) is 8.40. The minimum absolute atomic E-state index is 0.00536. The summed E-state index contributed by atoms with van der Waals surface area (Å²) in [6.07, 6.45) is -3.23. The first-order valence-corrected chi connectivity index (χ1v) is 12.0. The highest BCUT2D eigenvalue weighted by Gasteiger charge is 2.35. The fourth-order valence-corrected chi connectivity index (χ4v) is 4.23. The second-order valence-electron chi connectivity index (χ2n) is 8.77. The number of urea groups is 1. The van der Waals surface area contributed by atoms with Crippen LogP contribution in [0.25, 0.3) is 0 Å². The van der Waals surface area contributed by atoms with Gasteiger partial charge in [0.1, 0.15) is 17.3 Å². The number of alkyl halides is 3. The minimum Gasteiger partial charge on any atom is -0.469 e. The van der Waals surface area contributed by atoms with Crippen molar-refractivity contribution in [2.45, 2.75) is 31.9 Å². The van der Waals surface area contributed by atoms with Crippen LogP contribution in [0, 0.1) is 18.6 Å². The van der Waals surface area contributed by atoms with E-state index in [4.69, 9.17) is 9.47 Å². The second kappa shape index (κ2) is 11.8. The standard InChI is InChI=1S/C25H23F5N6O4/c1-13-19(17(37)12-40-18-6-9-31-22(33-18)25(28,29)30)20(34-23(32-13)39-2)14-7-10-36(11-8-14)24(38)35-21-15(26)4-3-5-16(21)27/h3-6,9,14H,7-8,10-12H2,1-2H3,(H,35,38). The number of ether oxygens (including phenoxy) is 2. The summed E-state index contributed by atoms with van der Waals surface area (Å²) < 4.78 is 76.9. The molecule has 3 heterocycles. The molecule has 2 amide bonds. The fraction of sp³-hybridized carbons (Fsp3) is 0.360. The van der Waals surface area contributed by atoms with Crippen molar-refractivity contribution >= 4 is 17.5 Å². The molecule has 0 spiro atoms. The van der Waals surface area contributed by atoms with Gasteiger partial charge >= 0.3 is 18.2 Å². The van der Waals surface area contributed by atoms with Gasteiger partial charge in [0, 0.05) is 31.3 Å². The maximum atomic E-state index is 13.9. The molecule has 0 unspecified atom stereocenters. The van der Waals surface area contributed by atoms with Crippen molar-refractivity contribution in [3.8, 4) is 11.9 Å². The van der Waals surface area contributed by atoms with E-state index in [2.05, 4.69) is 25.3 Å². The van der Waals surface area contributed by atoms with E-state index >= 15 is 0 Å². The number of ketones is 1. The van der Waals surface area contributed by atoms with Crippen LogP contribution >= 0.6 is 0 Å². The maximum Gasteiger partial charge on any atom is 0.451 e. The molecule has 1 aromatic carbocycles. The van der Waals surface area contributed by atoms with Gasteiger partial charge in [0.2, 0.25) is 17.5 Å². The second-order valence-corrected chi connectivity index (χ2v) is 8.77. The lowest BCUT2D eigenvalue weighted by Gasteiger charge is -2.32. The summed E-state index contributed by atoms with van der Waals surface area (Å²) in [6, 6.07) is 3.64. The molecule has 1 fully saturated rings. The molecule has 0 atom stereocenters. The lowest BCUT2D eigenvalue weighted by Crippen LogP contribution is -2.41. The largest absolute Gasteiger partial charge is 0.469 e. The first-order valence-electron chi connectivity index (χ1n) is 12.0. The molecule has 15 heteroatoms. The molecule has 0 radical (unpaired) electrons. The Morgan fingerprint density at radius 3 is 2.38 bits per heavy atom. The van der Waals surface area contributed by atoms with Crippen molar-refractivity contribution in [3.05, 3.63) is 64.9 Å². The van der Waals surface area contributed by atoms with Crippen molar-refractivity contribution in [1.29, 1.82) is 0 Å². The molecule has 1 N–H and O–H groups in total. The van der Waals surface area contributed by atoms with Crippen LogP contribution in [-0.2, 0) is 6.18 Å². The highest BCUT2D eigenvalue weighted by Crippen LogP contribution is 2.32. The van der Waals surface area contributed by atoms with Crippen molar-refractivity contribution in [3.63, 3.8) is 0 Å². The van der Waals surface area contributed by atoms with E-state index in [9.17, 15) is 31.5 Å². The third-order valence-electron chi connectivity index (χ3n) is 6.16. The first-order chi connectivity index (χ1) is 19.0. The predicted molar refractivity (Wildman–Crippen MR) is 129 cm³/mol. The van der Waals surface area contributed by atoms with Crippen LogP contribution in [-0.4, -0.2) is 63.5 Å². The predicted octanol–water partition coefficient (Wildman–Crippen LogP) is 4.55.